The minimum absolute atomic E-state index is 0.0648. The standard InChI is InChI=1S/C26H35N3O2/c1-18-14-21-15-19(10-11-23(21)31-18)16-29-13-7-8-20(17-29)24(22-9-5-6-12-27-22)28-25(30)26(2,3)4/h5-6,9-12,15,18,20,24H,7-8,13-14,16-17H2,1-4H3,(H,28,30)/t18-,20+,24+/m1/s1. The quantitative estimate of drug-likeness (QED) is 0.771. The summed E-state index contributed by atoms with van der Waals surface area (Å²) in [6.45, 7) is 11.0. The van der Waals surface area contributed by atoms with E-state index in [1.807, 2.05) is 45.2 Å². The number of carbonyl (C=O) groups is 1. The molecule has 3 heterocycles. The number of aromatic nitrogens is 1. The van der Waals surface area contributed by atoms with Crippen molar-refractivity contribution in [1.29, 1.82) is 0 Å². The van der Waals surface area contributed by atoms with Gasteiger partial charge in [0, 0.05) is 31.1 Å². The van der Waals surface area contributed by atoms with Crippen LogP contribution in [0, 0.1) is 11.3 Å². The minimum atomic E-state index is -0.426. The van der Waals surface area contributed by atoms with Gasteiger partial charge in [0.2, 0.25) is 5.91 Å². The summed E-state index contributed by atoms with van der Waals surface area (Å²) in [5.41, 5.74) is 3.19. The first kappa shape index (κ1) is 21.8. The number of benzene rings is 1. The maximum Gasteiger partial charge on any atom is 0.225 e. The SMILES string of the molecule is C[C@@H]1Cc2cc(CN3CCC[C@H]([C@H](NC(=O)C(C)(C)C)c4ccccn4)C3)ccc2O1. The van der Waals surface area contributed by atoms with Crippen molar-refractivity contribution in [3.63, 3.8) is 0 Å². The third-order valence-corrected chi connectivity index (χ3v) is 6.35. The number of carbonyl (C=O) groups excluding carboxylic acids is 1. The molecule has 1 saturated heterocycles. The van der Waals surface area contributed by atoms with E-state index >= 15 is 0 Å². The van der Waals surface area contributed by atoms with Crippen LogP contribution in [-0.4, -0.2) is 35.0 Å². The third kappa shape index (κ3) is 5.27. The summed E-state index contributed by atoms with van der Waals surface area (Å²) in [5.74, 6) is 1.45. The number of nitrogens with zero attached hydrogens (tertiary/aromatic N) is 2. The Hall–Kier alpha value is -2.40. The van der Waals surface area contributed by atoms with E-state index in [9.17, 15) is 4.79 Å². The van der Waals surface area contributed by atoms with E-state index in [1.165, 1.54) is 11.1 Å². The van der Waals surface area contributed by atoms with Gasteiger partial charge in [0.05, 0.1) is 11.7 Å². The Morgan fingerprint density at radius 2 is 2.13 bits per heavy atom. The molecule has 0 spiro atoms. The molecule has 1 N–H and O–H groups in total. The van der Waals surface area contributed by atoms with Crippen LogP contribution >= 0.6 is 0 Å². The first-order valence-electron chi connectivity index (χ1n) is 11.5. The predicted octanol–water partition coefficient (Wildman–Crippen LogP) is 4.52. The van der Waals surface area contributed by atoms with Gasteiger partial charge in [-0.25, -0.2) is 0 Å². The van der Waals surface area contributed by atoms with Crippen molar-refractivity contribution in [2.45, 2.75) is 65.6 Å². The number of hydrogen-bond acceptors (Lipinski definition) is 4. The molecule has 4 rings (SSSR count). The highest BCUT2D eigenvalue weighted by molar-refractivity contribution is 5.81. The Kier molecular flexibility index (Phi) is 6.33. The summed E-state index contributed by atoms with van der Waals surface area (Å²) >= 11 is 0. The molecular weight excluding hydrogens is 386 g/mol. The number of piperidine rings is 1. The molecule has 0 aliphatic carbocycles. The lowest BCUT2D eigenvalue weighted by Crippen LogP contribution is -2.45. The van der Waals surface area contributed by atoms with Crippen LogP contribution in [-0.2, 0) is 17.8 Å². The highest BCUT2D eigenvalue weighted by Gasteiger charge is 2.33. The zero-order chi connectivity index (χ0) is 22.0. The van der Waals surface area contributed by atoms with Gasteiger partial charge in [0.25, 0.3) is 0 Å². The molecule has 5 heteroatoms. The molecule has 3 atom stereocenters. The molecule has 2 aliphatic rings. The fourth-order valence-electron chi connectivity index (χ4n) is 4.69. The van der Waals surface area contributed by atoms with Gasteiger partial charge in [-0.3, -0.25) is 14.7 Å². The van der Waals surface area contributed by atoms with Crippen molar-refractivity contribution in [3.05, 3.63) is 59.4 Å². The largest absolute Gasteiger partial charge is 0.490 e. The number of likely N-dealkylation sites (tertiary alicyclic amines) is 1. The van der Waals surface area contributed by atoms with Gasteiger partial charge in [-0.15, -0.1) is 0 Å². The lowest BCUT2D eigenvalue weighted by Gasteiger charge is -2.38. The first-order chi connectivity index (χ1) is 14.8. The second-order valence-electron chi connectivity index (χ2n) is 10.2. The van der Waals surface area contributed by atoms with E-state index < -0.39 is 5.41 Å². The van der Waals surface area contributed by atoms with E-state index in [0.29, 0.717) is 5.92 Å². The molecule has 1 amide bonds. The monoisotopic (exact) mass is 421 g/mol. The highest BCUT2D eigenvalue weighted by atomic mass is 16.5. The van der Waals surface area contributed by atoms with E-state index in [1.54, 1.807) is 0 Å². The third-order valence-electron chi connectivity index (χ3n) is 6.35. The average molecular weight is 422 g/mol. The maximum atomic E-state index is 12.8. The number of fused-ring (bicyclic) bond motifs is 1. The van der Waals surface area contributed by atoms with Gasteiger partial charge in [-0.1, -0.05) is 39.0 Å². The van der Waals surface area contributed by atoms with Crippen molar-refractivity contribution < 1.29 is 9.53 Å². The highest BCUT2D eigenvalue weighted by Crippen LogP contribution is 2.33. The Bertz CT molecular complexity index is 907. The summed E-state index contributed by atoms with van der Waals surface area (Å²) in [6, 6.07) is 12.5. The molecule has 2 aliphatic heterocycles. The molecule has 166 valence electrons. The summed E-state index contributed by atoms with van der Waals surface area (Å²) in [7, 11) is 0. The van der Waals surface area contributed by atoms with E-state index in [4.69, 9.17) is 4.74 Å². The van der Waals surface area contributed by atoms with Crippen molar-refractivity contribution in [3.8, 4) is 5.75 Å². The molecule has 31 heavy (non-hydrogen) atoms. The molecule has 0 radical (unpaired) electrons. The minimum Gasteiger partial charge on any atom is -0.490 e. The van der Waals surface area contributed by atoms with Crippen LogP contribution in [0.25, 0.3) is 0 Å². The van der Waals surface area contributed by atoms with E-state index in [0.717, 1.165) is 50.3 Å². The normalized spacial score (nSPS) is 22.5. The van der Waals surface area contributed by atoms with Crippen LogP contribution in [0.5, 0.6) is 5.75 Å². The predicted molar refractivity (Wildman–Crippen MR) is 123 cm³/mol. The zero-order valence-corrected chi connectivity index (χ0v) is 19.2. The van der Waals surface area contributed by atoms with Crippen LogP contribution < -0.4 is 10.1 Å². The number of nitrogens with one attached hydrogen (secondary N) is 1. The van der Waals surface area contributed by atoms with E-state index in [-0.39, 0.29) is 18.1 Å². The number of hydrogen-bond donors (Lipinski definition) is 1. The van der Waals surface area contributed by atoms with Gasteiger partial charge >= 0.3 is 0 Å². The lowest BCUT2D eigenvalue weighted by atomic mass is 9.86. The summed E-state index contributed by atoms with van der Waals surface area (Å²) < 4.78 is 5.85. The summed E-state index contributed by atoms with van der Waals surface area (Å²) in [5, 5.41) is 3.32. The fraction of sp³-hybridized carbons (Fsp3) is 0.538. The van der Waals surface area contributed by atoms with Crippen molar-refractivity contribution in [2.75, 3.05) is 13.1 Å². The topological polar surface area (TPSA) is 54.5 Å². The number of ether oxygens (including phenoxy) is 1. The maximum absolute atomic E-state index is 12.8. The first-order valence-corrected chi connectivity index (χ1v) is 11.5. The van der Waals surface area contributed by atoms with Crippen LogP contribution in [0.2, 0.25) is 0 Å². The van der Waals surface area contributed by atoms with Crippen molar-refractivity contribution in [2.24, 2.45) is 11.3 Å². The summed E-state index contributed by atoms with van der Waals surface area (Å²) in [4.78, 5) is 20.0. The molecule has 1 aromatic heterocycles. The number of rotatable bonds is 5. The zero-order valence-electron chi connectivity index (χ0n) is 19.2. The van der Waals surface area contributed by atoms with Gasteiger partial charge < -0.3 is 10.1 Å². The van der Waals surface area contributed by atoms with Crippen LogP contribution in [0.1, 0.15) is 63.4 Å². The van der Waals surface area contributed by atoms with Gasteiger partial charge in [-0.05, 0) is 61.6 Å². The van der Waals surface area contributed by atoms with Crippen LogP contribution in [0.4, 0.5) is 0 Å². The molecule has 2 aromatic rings. The van der Waals surface area contributed by atoms with Crippen LogP contribution in [0.15, 0.2) is 42.6 Å². The molecule has 1 fully saturated rings. The van der Waals surface area contributed by atoms with Gasteiger partial charge in [0.15, 0.2) is 0 Å². The fourth-order valence-corrected chi connectivity index (χ4v) is 4.69. The molecule has 0 bridgehead atoms. The molecule has 1 aromatic carbocycles. The van der Waals surface area contributed by atoms with Gasteiger partial charge in [0.1, 0.15) is 11.9 Å². The number of amides is 1. The Morgan fingerprint density at radius 3 is 2.87 bits per heavy atom. The Balaban J connectivity index is 1.48. The Labute approximate surface area is 186 Å². The van der Waals surface area contributed by atoms with E-state index in [2.05, 4.69) is 40.3 Å². The van der Waals surface area contributed by atoms with Crippen LogP contribution in [0.3, 0.4) is 0 Å². The second-order valence-corrected chi connectivity index (χ2v) is 10.2. The van der Waals surface area contributed by atoms with Gasteiger partial charge in [-0.2, -0.15) is 0 Å². The Morgan fingerprint density at radius 1 is 1.29 bits per heavy atom. The van der Waals surface area contributed by atoms with Crippen molar-refractivity contribution in [1.82, 2.24) is 15.2 Å². The number of pyridine rings is 1. The molecule has 5 nitrogen and oxygen atoms in total. The van der Waals surface area contributed by atoms with Crippen molar-refractivity contribution >= 4 is 5.91 Å². The summed E-state index contributed by atoms with van der Waals surface area (Å²) in [6.07, 6.45) is 5.31. The average Bonchev–Trinajstić information content (AvgIpc) is 3.11. The molecular formula is C26H35N3O2. The smallest absolute Gasteiger partial charge is 0.225 e. The molecule has 0 saturated carbocycles. The molecule has 0 unspecified atom stereocenters. The lowest BCUT2D eigenvalue weighted by molar-refractivity contribution is -0.130. The second kappa shape index (κ2) is 8.99.